The summed E-state index contributed by atoms with van der Waals surface area (Å²) in [4.78, 5) is 5.34. The second-order valence-corrected chi connectivity index (χ2v) is 7.29. The number of aryl methyl sites for hydroxylation is 1. The minimum Gasteiger partial charge on any atom is -0.302 e. The molecule has 1 aromatic carbocycles. The van der Waals surface area contributed by atoms with Crippen LogP contribution in [0.15, 0.2) is 30.3 Å². The molecule has 0 aliphatic rings. The van der Waals surface area contributed by atoms with Gasteiger partial charge in [0.15, 0.2) is 0 Å². The van der Waals surface area contributed by atoms with Crippen LogP contribution in [0.4, 0.5) is 0 Å². The van der Waals surface area contributed by atoms with Gasteiger partial charge in [0.1, 0.15) is 0 Å². The van der Waals surface area contributed by atoms with Crippen molar-refractivity contribution >= 4 is 11.3 Å². The van der Waals surface area contributed by atoms with E-state index >= 15 is 0 Å². The molecule has 2 heteroatoms. The Bertz CT molecular complexity index is 583. The van der Waals surface area contributed by atoms with Gasteiger partial charge in [-0.3, -0.25) is 0 Å². The van der Waals surface area contributed by atoms with Crippen LogP contribution in [0, 0.1) is 6.92 Å². The Kier molecular flexibility index (Phi) is 8.57. The van der Waals surface area contributed by atoms with Crippen LogP contribution in [0.3, 0.4) is 0 Å². The van der Waals surface area contributed by atoms with E-state index in [1.165, 1.54) is 32.9 Å². The molecule has 0 aliphatic carbocycles. The number of benzene rings is 1. The van der Waals surface area contributed by atoms with Crippen LogP contribution in [-0.4, -0.2) is 18.5 Å². The van der Waals surface area contributed by atoms with Crippen molar-refractivity contribution in [3.05, 3.63) is 46.3 Å². The average molecular weight is 332 g/mol. The molecule has 0 saturated carbocycles. The van der Waals surface area contributed by atoms with Crippen molar-refractivity contribution in [3.63, 3.8) is 0 Å². The Balaban J connectivity index is 0.00000127. The van der Waals surface area contributed by atoms with Gasteiger partial charge in [-0.25, -0.2) is 0 Å². The first-order chi connectivity index (χ1) is 11.0. The maximum Gasteiger partial charge on any atom is 0.0378 e. The number of hydrogen-bond acceptors (Lipinski definition) is 2. The molecule has 0 aliphatic heterocycles. The summed E-state index contributed by atoms with van der Waals surface area (Å²) in [5.41, 5.74) is 4.26. The minimum atomic E-state index is 0.609. The smallest absolute Gasteiger partial charge is 0.0378 e. The van der Waals surface area contributed by atoms with Gasteiger partial charge < -0.3 is 4.90 Å². The van der Waals surface area contributed by atoms with Gasteiger partial charge in [-0.2, -0.15) is 0 Å². The highest BCUT2D eigenvalue weighted by molar-refractivity contribution is 7.15. The molecule has 0 radical (unpaired) electrons. The quantitative estimate of drug-likeness (QED) is 0.568. The number of nitrogens with zero attached hydrogens (tertiary/aromatic N) is 1. The normalized spacial score (nSPS) is 10.8. The summed E-state index contributed by atoms with van der Waals surface area (Å²) in [6.07, 6.45) is 1.20. The summed E-state index contributed by atoms with van der Waals surface area (Å²) in [5.74, 6) is 0.609. The van der Waals surface area contributed by atoms with Gasteiger partial charge >= 0.3 is 0 Å². The van der Waals surface area contributed by atoms with Crippen LogP contribution >= 0.6 is 11.3 Å². The lowest BCUT2D eigenvalue weighted by molar-refractivity contribution is 0.328. The van der Waals surface area contributed by atoms with Crippen LogP contribution < -0.4 is 0 Å². The van der Waals surface area contributed by atoms with Gasteiger partial charge in [-0.05, 0) is 55.6 Å². The van der Waals surface area contributed by atoms with Gasteiger partial charge in [-0.1, -0.05) is 58.9 Å². The van der Waals surface area contributed by atoms with Crippen LogP contribution in [0.5, 0.6) is 0 Å². The fourth-order valence-electron chi connectivity index (χ4n) is 2.69. The molecule has 1 heterocycles. The number of thiophene rings is 1. The van der Waals surface area contributed by atoms with Crippen molar-refractivity contribution < 1.29 is 0 Å². The number of hydrogen-bond donors (Lipinski definition) is 0. The standard InChI is InChI=1S/C19H27NS.C2H6/c1-6-11-20(5)13-16-9-7-8-10-17(16)19-15(4)12-18(21-19)14(2)3;1-2/h7-10,12,14H,6,11,13H2,1-5H3;1-2H3. The summed E-state index contributed by atoms with van der Waals surface area (Å²) in [6.45, 7) is 15.2. The Labute approximate surface area is 147 Å². The van der Waals surface area contributed by atoms with Crippen molar-refractivity contribution in [2.75, 3.05) is 13.6 Å². The first-order valence-electron chi connectivity index (χ1n) is 8.90. The van der Waals surface area contributed by atoms with E-state index in [-0.39, 0.29) is 0 Å². The summed E-state index contributed by atoms with van der Waals surface area (Å²) in [6, 6.07) is 11.2. The lowest BCUT2D eigenvalue weighted by atomic mass is 10.0. The molecule has 0 N–H and O–H groups in total. The predicted octanol–water partition coefficient (Wildman–Crippen LogP) is 6.71. The molecule has 23 heavy (non-hydrogen) atoms. The Hall–Kier alpha value is -1.12. The molecule has 128 valence electrons. The topological polar surface area (TPSA) is 3.24 Å². The molecule has 0 bridgehead atoms. The van der Waals surface area contributed by atoms with Crippen molar-refractivity contribution in [1.82, 2.24) is 4.90 Å². The summed E-state index contributed by atoms with van der Waals surface area (Å²) in [5, 5.41) is 0. The first kappa shape index (κ1) is 19.9. The van der Waals surface area contributed by atoms with Gasteiger partial charge in [0.25, 0.3) is 0 Å². The van der Waals surface area contributed by atoms with E-state index in [1.54, 1.807) is 0 Å². The molecule has 1 nitrogen and oxygen atoms in total. The van der Waals surface area contributed by atoms with Gasteiger partial charge in [0.2, 0.25) is 0 Å². The molecule has 0 amide bonds. The van der Waals surface area contributed by atoms with E-state index in [2.05, 4.69) is 70.0 Å². The van der Waals surface area contributed by atoms with Gasteiger partial charge in [0, 0.05) is 16.3 Å². The highest BCUT2D eigenvalue weighted by atomic mass is 32.1. The first-order valence-corrected chi connectivity index (χ1v) is 9.71. The van der Waals surface area contributed by atoms with Crippen LogP contribution in [0.25, 0.3) is 10.4 Å². The van der Waals surface area contributed by atoms with E-state index < -0.39 is 0 Å². The SMILES string of the molecule is CC.CCCN(C)Cc1ccccc1-c1sc(C(C)C)cc1C. The zero-order chi connectivity index (χ0) is 17.4. The lowest BCUT2D eigenvalue weighted by Gasteiger charge is -2.18. The van der Waals surface area contributed by atoms with Gasteiger partial charge in [0.05, 0.1) is 0 Å². The van der Waals surface area contributed by atoms with Crippen molar-refractivity contribution in [1.29, 1.82) is 0 Å². The van der Waals surface area contributed by atoms with E-state index in [0.717, 1.165) is 13.1 Å². The zero-order valence-corrected chi connectivity index (χ0v) is 16.8. The maximum absolute atomic E-state index is 2.41. The van der Waals surface area contributed by atoms with Crippen LogP contribution in [0.2, 0.25) is 0 Å². The number of rotatable bonds is 6. The highest BCUT2D eigenvalue weighted by Crippen LogP contribution is 2.37. The third kappa shape index (κ3) is 5.47. The molecule has 2 aromatic rings. The predicted molar refractivity (Wildman–Crippen MR) is 107 cm³/mol. The van der Waals surface area contributed by atoms with E-state index in [9.17, 15) is 0 Å². The largest absolute Gasteiger partial charge is 0.302 e. The molecule has 0 spiro atoms. The Morgan fingerprint density at radius 3 is 2.35 bits per heavy atom. The van der Waals surface area contributed by atoms with Crippen molar-refractivity contribution in [2.24, 2.45) is 0 Å². The van der Waals surface area contributed by atoms with Gasteiger partial charge in [-0.15, -0.1) is 11.3 Å². The summed E-state index contributed by atoms with van der Waals surface area (Å²) >= 11 is 1.96. The molecule has 1 aromatic heterocycles. The molecule has 0 saturated heterocycles. The lowest BCUT2D eigenvalue weighted by Crippen LogP contribution is -2.18. The molecular weight excluding hydrogens is 298 g/mol. The van der Waals surface area contributed by atoms with Crippen LogP contribution in [0.1, 0.15) is 63.0 Å². The fraction of sp³-hybridized carbons (Fsp3) is 0.524. The van der Waals surface area contributed by atoms with Crippen molar-refractivity contribution in [3.8, 4) is 10.4 Å². The molecular formula is C21H33NS. The molecule has 0 atom stereocenters. The van der Waals surface area contributed by atoms with E-state index in [1.807, 2.05) is 25.2 Å². The van der Waals surface area contributed by atoms with E-state index in [4.69, 9.17) is 0 Å². The zero-order valence-electron chi connectivity index (χ0n) is 15.9. The minimum absolute atomic E-state index is 0.609. The van der Waals surface area contributed by atoms with E-state index in [0.29, 0.717) is 5.92 Å². The average Bonchev–Trinajstić information content (AvgIpc) is 2.92. The summed E-state index contributed by atoms with van der Waals surface area (Å²) in [7, 11) is 2.21. The monoisotopic (exact) mass is 331 g/mol. The van der Waals surface area contributed by atoms with Crippen LogP contribution in [-0.2, 0) is 6.54 Å². The van der Waals surface area contributed by atoms with Crippen molar-refractivity contribution in [2.45, 2.75) is 60.4 Å². The fourth-order valence-corrected chi connectivity index (χ4v) is 3.93. The summed E-state index contributed by atoms with van der Waals surface area (Å²) < 4.78 is 0. The second kappa shape index (κ2) is 9.89. The molecule has 0 unspecified atom stereocenters. The molecule has 0 fully saturated rings. The molecule has 2 rings (SSSR count). The third-order valence-electron chi connectivity index (χ3n) is 3.81. The Morgan fingerprint density at radius 2 is 1.78 bits per heavy atom. The highest BCUT2D eigenvalue weighted by Gasteiger charge is 2.13. The second-order valence-electron chi connectivity index (χ2n) is 6.21. The third-order valence-corrected chi connectivity index (χ3v) is 5.38. The maximum atomic E-state index is 2.41. The Morgan fingerprint density at radius 1 is 1.13 bits per heavy atom.